The molecule has 26 N–H and O–H groups in total. The van der Waals surface area contributed by atoms with Crippen LogP contribution in [0.2, 0.25) is 0 Å². The average molecular weight is 1480 g/mol. The number of hydrogen-bond acceptors (Lipinski definition) is 39. The fourth-order valence-corrected chi connectivity index (χ4v) is 12.9. The third-order valence-corrected chi connectivity index (χ3v) is 18.0. The zero-order valence-corrected chi connectivity index (χ0v) is 54.5. The van der Waals surface area contributed by atoms with E-state index in [4.69, 9.17) is 61.6 Å². The molecule has 4 amide bonds. The molecule has 582 valence electrons. The van der Waals surface area contributed by atoms with E-state index in [0.717, 1.165) is 27.7 Å². The van der Waals surface area contributed by atoms with Gasteiger partial charge in [0, 0.05) is 40.5 Å². The lowest BCUT2D eigenvalue weighted by atomic mass is 9.88. The molecule has 101 heavy (non-hydrogen) atoms. The highest BCUT2D eigenvalue weighted by Crippen LogP contribution is 2.42. The van der Waals surface area contributed by atoms with Gasteiger partial charge in [-0.2, -0.15) is 0 Å². The molecule has 0 aliphatic carbocycles. The number of aliphatic hydroxyl groups is 20. The van der Waals surface area contributed by atoms with Gasteiger partial charge < -0.3 is 195 Å². The van der Waals surface area contributed by atoms with Crippen molar-refractivity contribution >= 4 is 35.6 Å². The van der Waals surface area contributed by atoms with Crippen LogP contribution in [0.25, 0.3) is 0 Å². The number of amides is 4. The Morgan fingerprint density at radius 1 is 0.426 bits per heavy atom. The molecule has 45 heteroatoms. The minimum atomic E-state index is -3.30. The molecule has 0 saturated carbocycles. The van der Waals surface area contributed by atoms with Gasteiger partial charge in [0.05, 0.1) is 70.0 Å². The Morgan fingerprint density at radius 2 is 0.802 bits per heavy atom. The molecule has 7 rings (SSSR count). The van der Waals surface area contributed by atoms with E-state index in [1.54, 1.807) is 0 Å². The fourth-order valence-electron chi connectivity index (χ4n) is 12.9. The summed E-state index contributed by atoms with van der Waals surface area (Å²) in [6.07, 6.45) is -69.4. The van der Waals surface area contributed by atoms with Crippen LogP contribution in [-0.4, -0.2) is 413 Å². The van der Waals surface area contributed by atoms with Gasteiger partial charge in [0.25, 0.3) is 11.6 Å². The van der Waals surface area contributed by atoms with Gasteiger partial charge >= 0.3 is 11.9 Å². The van der Waals surface area contributed by atoms with Crippen LogP contribution in [0.15, 0.2) is 0 Å². The molecule has 0 aromatic carbocycles. The van der Waals surface area contributed by atoms with Crippen LogP contribution < -0.4 is 21.3 Å². The molecule has 0 bridgehead atoms. The van der Waals surface area contributed by atoms with Crippen molar-refractivity contribution in [1.29, 1.82) is 0 Å². The maximum absolute atomic E-state index is 13.3. The summed E-state index contributed by atoms with van der Waals surface area (Å²) in [5, 5.41) is 251. The zero-order valence-electron chi connectivity index (χ0n) is 54.5. The molecule has 0 spiro atoms. The molecule has 0 aromatic rings. The summed E-state index contributed by atoms with van der Waals surface area (Å²) in [5.41, 5.74) is 0. The molecule has 45 nitrogen and oxygen atoms in total. The lowest BCUT2D eigenvalue weighted by molar-refractivity contribution is -0.392. The van der Waals surface area contributed by atoms with Crippen molar-refractivity contribution in [3.8, 4) is 0 Å². The monoisotopic (exact) mass is 1480 g/mol. The highest BCUT2D eigenvalue weighted by molar-refractivity contribution is 5.78. The van der Waals surface area contributed by atoms with Crippen LogP contribution in [0.4, 0.5) is 0 Å². The summed E-state index contributed by atoms with van der Waals surface area (Å²) < 4.78 is 76.3. The Hall–Kier alpha value is -4.50. The van der Waals surface area contributed by atoms with Gasteiger partial charge in [-0.25, -0.2) is 9.59 Å². The number of carbonyl (C=O) groups is 6. The van der Waals surface area contributed by atoms with E-state index in [0.29, 0.717) is 0 Å². The number of hydrogen-bond donors (Lipinski definition) is 26. The number of aliphatic carboxylic acids is 2. The van der Waals surface area contributed by atoms with Crippen molar-refractivity contribution in [2.24, 2.45) is 0 Å². The first-order valence-corrected chi connectivity index (χ1v) is 31.7. The van der Waals surface area contributed by atoms with Gasteiger partial charge in [0.15, 0.2) is 31.5 Å². The molecule has 7 saturated heterocycles. The normalized spacial score (nSPS) is 44.9. The lowest BCUT2D eigenvalue weighted by Gasteiger charge is -2.52. The zero-order chi connectivity index (χ0) is 75.3. The van der Waals surface area contributed by atoms with Crippen molar-refractivity contribution < 1.29 is 203 Å². The maximum atomic E-state index is 13.3. The second-order valence-corrected chi connectivity index (χ2v) is 25.4. The van der Waals surface area contributed by atoms with E-state index in [-0.39, 0.29) is 0 Å². The molecular weight excluding hydrogens is 1380 g/mol. The predicted octanol–water partition coefficient (Wildman–Crippen LogP) is -16.3. The number of carboxylic acid groups (broad SMARTS) is 2. The molecule has 7 fully saturated rings. The van der Waals surface area contributed by atoms with E-state index in [1.807, 2.05) is 0 Å². The highest BCUT2D eigenvalue weighted by Gasteiger charge is 2.64. The number of ether oxygens (including phenoxy) is 13. The van der Waals surface area contributed by atoms with Gasteiger partial charge in [-0.15, -0.1) is 0 Å². The van der Waals surface area contributed by atoms with Crippen molar-refractivity contribution in [3.05, 3.63) is 0 Å². The summed E-state index contributed by atoms with van der Waals surface area (Å²) in [6.45, 7) is -2.13. The minimum absolute atomic E-state index is 0.864. The number of aliphatic hydroxyl groups excluding tert-OH is 20. The Morgan fingerprint density at radius 3 is 1.21 bits per heavy atom. The van der Waals surface area contributed by atoms with Crippen LogP contribution >= 0.6 is 0 Å². The lowest BCUT2D eigenvalue weighted by Crippen LogP contribution is -2.72. The molecule has 7 heterocycles. The summed E-state index contributed by atoms with van der Waals surface area (Å²) >= 11 is 0. The maximum Gasteiger partial charge on any atom is 0.364 e. The summed E-state index contributed by atoms with van der Waals surface area (Å²) in [4.78, 5) is 76.9. The van der Waals surface area contributed by atoms with E-state index < -0.39 is 314 Å². The third-order valence-electron chi connectivity index (χ3n) is 18.0. The average Bonchev–Trinajstić information content (AvgIpc) is 0.765. The largest absolute Gasteiger partial charge is 0.477 e. The molecule has 37 atom stereocenters. The van der Waals surface area contributed by atoms with Gasteiger partial charge in [0.1, 0.15) is 152 Å². The SMILES string of the molecule is CC(=O)N[C@@H]1[C@@H](O[C@@H]2O[C@H](CO)[C@H](O)[C@H](OC3(C(=O)O)C[C@H](O)[C@@H](NC(C)=O)[C@H]([C@H](O)[C@H](O)CO)O3)[C@H]2O)[C@@H](O)[C@@H](CO[C@@H]2O[C@H](CO)[C@@H](O[C@@H]3O[C@H](CO)[C@H](O)[C@H](O[C@]4(C(=O)O)C[C@H](O)[C@@H](NC(C)=O)[C@H]([C@H](O)[C@H](O)CO)O4)[C@H]3O)[C@H](O[C@@H]3O[C@@H](C)[C@@H](O)[C@@H](O)[C@@H]3O)[C@H]2NC(C)=O)O[C@@H]1O. The van der Waals surface area contributed by atoms with Gasteiger partial charge in [-0.3, -0.25) is 19.2 Å². The first-order valence-electron chi connectivity index (χ1n) is 31.7. The van der Waals surface area contributed by atoms with Crippen molar-refractivity contribution in [1.82, 2.24) is 21.3 Å². The van der Waals surface area contributed by atoms with Crippen LogP contribution in [0.5, 0.6) is 0 Å². The first kappa shape index (κ1) is 83.8. The van der Waals surface area contributed by atoms with E-state index in [9.17, 15) is 141 Å². The molecule has 7 aliphatic rings. The van der Waals surface area contributed by atoms with Crippen LogP contribution in [-0.2, 0) is 90.3 Å². The van der Waals surface area contributed by atoms with Crippen LogP contribution in [0.1, 0.15) is 47.5 Å². The summed E-state index contributed by atoms with van der Waals surface area (Å²) in [5.74, 6) is -14.5. The van der Waals surface area contributed by atoms with E-state index in [1.165, 1.54) is 6.92 Å². The predicted molar refractivity (Wildman–Crippen MR) is 311 cm³/mol. The van der Waals surface area contributed by atoms with Crippen molar-refractivity contribution in [3.63, 3.8) is 0 Å². The van der Waals surface area contributed by atoms with Crippen LogP contribution in [0, 0.1) is 0 Å². The van der Waals surface area contributed by atoms with Gasteiger partial charge in [0.2, 0.25) is 23.6 Å². The van der Waals surface area contributed by atoms with E-state index >= 15 is 0 Å². The Labute approximate surface area is 571 Å². The smallest absolute Gasteiger partial charge is 0.364 e. The fraction of sp³-hybridized carbons (Fsp3) is 0.893. The van der Waals surface area contributed by atoms with Crippen LogP contribution in [0.3, 0.4) is 0 Å². The topological polar surface area (TPSA) is 716 Å². The molecule has 1 unspecified atom stereocenters. The number of carboxylic acids is 2. The second-order valence-electron chi connectivity index (χ2n) is 25.4. The Bertz CT molecular complexity index is 2760. The highest BCUT2D eigenvalue weighted by atomic mass is 16.8. The Balaban J connectivity index is 1.20. The molecule has 0 radical (unpaired) electrons. The summed E-state index contributed by atoms with van der Waals surface area (Å²) in [7, 11) is 0. The molecular formula is C56H92N4O41. The third kappa shape index (κ3) is 18.5. The van der Waals surface area contributed by atoms with E-state index in [2.05, 4.69) is 21.3 Å². The van der Waals surface area contributed by atoms with Crippen molar-refractivity contribution in [2.75, 3.05) is 39.6 Å². The quantitative estimate of drug-likeness (QED) is 0.0346. The second kappa shape index (κ2) is 35.3. The minimum Gasteiger partial charge on any atom is -0.477 e. The number of nitrogens with one attached hydrogen (secondary N) is 4. The first-order chi connectivity index (χ1) is 47.3. The number of rotatable bonds is 28. The standard InChI is InChI=1S/C56H92N4O41/c1-14-31(74)37(80)38(81)50(90-14)97-45-30(60-18(5)69)49(94-25(12-65)41(45)95-51-39(82)46(34(77)23(10-63)92-51)100-55(53(85)86)6-19(70)27(57-15(2)66)43(98-55)32(75)21(72)8-61)89-13-26-36(79)42(29(48(84)91-26)59-17(4)68)96-52-40(83)47(35(78)24(11-64)93-52)101-56(54(87)88)7-20(71)28(58-16(3)67)44(99-56)33(76)22(73)9-62/h14,19-52,61-65,70-84H,6-13H2,1-5H3,(H,57,66)(H,58,67)(H,59,68)(H,60,69)(H,85,86)(H,87,88)/t14-,19-,20-,21+,22+,23+,24+,25+,26+,27+,28+,29+,30+,31+,32+,33+,34-,35-,36-,37+,38-,39+,40+,41+,42+,43+,44+,45+,46-,47-,48-,49+,50-,51-,52-,55-,56?/m0/s1. The van der Waals surface area contributed by atoms with Gasteiger partial charge in [-0.1, -0.05) is 0 Å². The number of carbonyl (C=O) groups excluding carboxylic acids is 4. The van der Waals surface area contributed by atoms with Crippen molar-refractivity contribution in [2.45, 2.75) is 273 Å². The summed E-state index contributed by atoms with van der Waals surface area (Å²) in [6, 6.07) is -7.34. The molecule has 7 aliphatic heterocycles. The Kier molecular flexibility index (Phi) is 29.3. The molecule has 0 aromatic heterocycles. The van der Waals surface area contributed by atoms with Gasteiger partial charge in [-0.05, 0) is 6.92 Å².